The molecule has 0 spiro atoms. The highest BCUT2D eigenvalue weighted by molar-refractivity contribution is 8.14. The summed E-state index contributed by atoms with van der Waals surface area (Å²) in [6.07, 6.45) is -3.83. The van der Waals surface area contributed by atoms with Crippen LogP contribution in [-0.2, 0) is 9.47 Å². The molecular formula is C7H11NO5S. The van der Waals surface area contributed by atoms with Gasteiger partial charge in [-0.05, 0) is 11.8 Å². The second kappa shape index (κ2) is 3.67. The van der Waals surface area contributed by atoms with E-state index in [9.17, 15) is 10.2 Å². The van der Waals surface area contributed by atoms with Gasteiger partial charge in [-0.3, -0.25) is 5.41 Å². The molecular weight excluding hydrogens is 210 g/mol. The Kier molecular flexibility index (Phi) is 2.67. The SMILES string of the molecule is N=C1O[C@@H]2[C@@H](O)[C@H](O)[C@@H](CO)O[C@@H]2S1. The van der Waals surface area contributed by atoms with Crippen LogP contribution in [0.4, 0.5) is 0 Å². The van der Waals surface area contributed by atoms with Gasteiger partial charge in [-0.2, -0.15) is 0 Å². The van der Waals surface area contributed by atoms with E-state index in [4.69, 9.17) is 20.0 Å². The van der Waals surface area contributed by atoms with E-state index in [2.05, 4.69) is 0 Å². The first kappa shape index (κ1) is 10.2. The number of aliphatic hydroxyl groups is 3. The van der Waals surface area contributed by atoms with E-state index >= 15 is 0 Å². The fraction of sp³-hybridized carbons (Fsp3) is 0.857. The maximum Gasteiger partial charge on any atom is 0.246 e. The molecule has 6 nitrogen and oxygen atoms in total. The van der Waals surface area contributed by atoms with Crippen molar-refractivity contribution in [3.63, 3.8) is 0 Å². The zero-order valence-corrected chi connectivity index (χ0v) is 7.98. The largest absolute Gasteiger partial charge is 0.463 e. The van der Waals surface area contributed by atoms with Crippen LogP contribution in [0.2, 0.25) is 0 Å². The number of nitrogens with one attached hydrogen (secondary N) is 1. The number of aliphatic hydroxyl groups excluding tert-OH is 3. The molecule has 2 fully saturated rings. The molecule has 0 amide bonds. The zero-order chi connectivity index (χ0) is 10.3. The lowest BCUT2D eigenvalue weighted by atomic mass is 10.0. The lowest BCUT2D eigenvalue weighted by Crippen LogP contribution is -2.56. The second-order valence-electron chi connectivity index (χ2n) is 3.19. The summed E-state index contributed by atoms with van der Waals surface area (Å²) in [5.41, 5.74) is -0.516. The van der Waals surface area contributed by atoms with Gasteiger partial charge in [-0.1, -0.05) is 0 Å². The van der Waals surface area contributed by atoms with E-state index in [1.165, 1.54) is 0 Å². The van der Waals surface area contributed by atoms with Crippen LogP contribution in [0.1, 0.15) is 0 Å². The topological polar surface area (TPSA) is 103 Å². The third kappa shape index (κ3) is 1.51. The monoisotopic (exact) mass is 221 g/mol. The molecule has 80 valence electrons. The van der Waals surface area contributed by atoms with Gasteiger partial charge in [0.25, 0.3) is 0 Å². The van der Waals surface area contributed by atoms with Gasteiger partial charge in [0.15, 0.2) is 11.5 Å². The molecule has 5 atom stereocenters. The minimum absolute atomic E-state index is 0.0372. The minimum atomic E-state index is -1.17. The van der Waals surface area contributed by atoms with Crippen molar-refractivity contribution in [2.75, 3.05) is 6.61 Å². The van der Waals surface area contributed by atoms with Crippen LogP contribution < -0.4 is 0 Å². The molecule has 0 aromatic rings. The summed E-state index contributed by atoms with van der Waals surface area (Å²) < 4.78 is 10.2. The molecule has 0 aromatic carbocycles. The van der Waals surface area contributed by atoms with Gasteiger partial charge in [-0.25, -0.2) is 0 Å². The van der Waals surface area contributed by atoms with Crippen molar-refractivity contribution in [1.82, 2.24) is 0 Å². The van der Waals surface area contributed by atoms with Gasteiger partial charge in [0.1, 0.15) is 18.3 Å². The Balaban J connectivity index is 2.13. The molecule has 2 heterocycles. The molecule has 0 saturated carbocycles. The van der Waals surface area contributed by atoms with Gasteiger partial charge in [0.2, 0.25) is 5.23 Å². The van der Waals surface area contributed by atoms with E-state index in [-0.39, 0.29) is 11.8 Å². The van der Waals surface area contributed by atoms with Crippen molar-refractivity contribution in [3.05, 3.63) is 0 Å². The molecule has 0 aliphatic carbocycles. The molecule has 14 heavy (non-hydrogen) atoms. The van der Waals surface area contributed by atoms with Crippen LogP contribution in [0.3, 0.4) is 0 Å². The van der Waals surface area contributed by atoms with Crippen LogP contribution in [0.5, 0.6) is 0 Å². The molecule has 2 rings (SSSR count). The molecule has 0 bridgehead atoms. The number of thioether (sulfide) groups is 1. The molecule has 2 aliphatic heterocycles. The predicted octanol–water partition coefficient (Wildman–Crippen LogP) is -1.51. The molecule has 0 unspecified atom stereocenters. The fourth-order valence-electron chi connectivity index (χ4n) is 1.53. The van der Waals surface area contributed by atoms with Crippen molar-refractivity contribution < 1.29 is 24.8 Å². The third-order valence-corrected chi connectivity index (χ3v) is 3.21. The summed E-state index contributed by atoms with van der Waals surface area (Å²) in [6, 6.07) is 0. The molecule has 2 saturated heterocycles. The molecule has 0 radical (unpaired) electrons. The van der Waals surface area contributed by atoms with Crippen LogP contribution >= 0.6 is 11.8 Å². The first-order chi connectivity index (χ1) is 6.63. The first-order valence-corrected chi connectivity index (χ1v) is 5.05. The smallest absolute Gasteiger partial charge is 0.246 e. The lowest BCUT2D eigenvalue weighted by molar-refractivity contribution is -0.197. The second-order valence-corrected chi connectivity index (χ2v) is 4.27. The van der Waals surface area contributed by atoms with Crippen LogP contribution in [0.15, 0.2) is 0 Å². The van der Waals surface area contributed by atoms with Crippen molar-refractivity contribution in [1.29, 1.82) is 5.41 Å². The summed E-state index contributed by atoms with van der Waals surface area (Å²) in [4.78, 5) is 0. The Morgan fingerprint density at radius 3 is 2.71 bits per heavy atom. The summed E-state index contributed by atoms with van der Waals surface area (Å²) in [5, 5.41) is 35.1. The number of hydrogen-bond acceptors (Lipinski definition) is 7. The summed E-state index contributed by atoms with van der Waals surface area (Å²) in [5.74, 6) is 0. The normalized spacial score (nSPS) is 47.4. The van der Waals surface area contributed by atoms with Crippen LogP contribution in [0.25, 0.3) is 0 Å². The van der Waals surface area contributed by atoms with E-state index in [1.807, 2.05) is 0 Å². The third-order valence-electron chi connectivity index (χ3n) is 2.29. The highest BCUT2D eigenvalue weighted by Gasteiger charge is 2.50. The average molecular weight is 221 g/mol. The maximum atomic E-state index is 9.59. The van der Waals surface area contributed by atoms with Crippen molar-refractivity contribution >= 4 is 17.0 Å². The standard InChI is InChI=1S/C7H11NO5S/c8-7-13-5-4(11)3(10)2(1-9)12-6(5)14-7/h2-6,8-11H,1H2/t2-,3-,4+,5-,6-/m1/s1. The van der Waals surface area contributed by atoms with Gasteiger partial charge < -0.3 is 24.8 Å². The van der Waals surface area contributed by atoms with Gasteiger partial charge >= 0.3 is 0 Å². The number of hydrogen-bond donors (Lipinski definition) is 4. The number of fused-ring (bicyclic) bond motifs is 1. The van der Waals surface area contributed by atoms with Crippen molar-refractivity contribution in [3.8, 4) is 0 Å². The quantitative estimate of drug-likeness (QED) is 0.429. The maximum absolute atomic E-state index is 9.59. The highest BCUT2D eigenvalue weighted by Crippen LogP contribution is 2.36. The molecule has 7 heteroatoms. The van der Waals surface area contributed by atoms with E-state index in [1.54, 1.807) is 0 Å². The summed E-state index contributed by atoms with van der Waals surface area (Å²) in [7, 11) is 0. The van der Waals surface area contributed by atoms with Gasteiger partial charge in [-0.15, -0.1) is 0 Å². The molecule has 0 aromatic heterocycles. The van der Waals surface area contributed by atoms with E-state index < -0.39 is 29.9 Å². The first-order valence-electron chi connectivity index (χ1n) is 4.18. The number of ether oxygens (including phenoxy) is 2. The van der Waals surface area contributed by atoms with E-state index in [0.29, 0.717) is 0 Å². The molecule has 4 N–H and O–H groups in total. The number of rotatable bonds is 1. The Labute approximate surface area is 84.3 Å². The summed E-state index contributed by atoms with van der Waals surface area (Å²) in [6.45, 7) is -0.366. The molecule has 2 aliphatic rings. The van der Waals surface area contributed by atoms with Crippen molar-refractivity contribution in [2.24, 2.45) is 0 Å². The van der Waals surface area contributed by atoms with E-state index in [0.717, 1.165) is 11.8 Å². The van der Waals surface area contributed by atoms with Crippen molar-refractivity contribution in [2.45, 2.75) is 29.9 Å². The lowest BCUT2D eigenvalue weighted by Gasteiger charge is -2.36. The highest BCUT2D eigenvalue weighted by atomic mass is 32.2. The predicted molar refractivity (Wildman–Crippen MR) is 48.0 cm³/mol. The zero-order valence-electron chi connectivity index (χ0n) is 7.16. The van der Waals surface area contributed by atoms with Crippen LogP contribution in [-0.4, -0.2) is 57.0 Å². The van der Waals surface area contributed by atoms with Crippen LogP contribution in [0, 0.1) is 5.41 Å². The Hall–Kier alpha value is -0.340. The Bertz CT molecular complexity index is 250. The fourth-order valence-corrected chi connectivity index (χ4v) is 2.46. The van der Waals surface area contributed by atoms with Gasteiger partial charge in [0.05, 0.1) is 6.61 Å². The Morgan fingerprint density at radius 1 is 1.36 bits per heavy atom. The Morgan fingerprint density at radius 2 is 2.07 bits per heavy atom. The summed E-state index contributed by atoms with van der Waals surface area (Å²) >= 11 is 1.03. The average Bonchev–Trinajstić information content (AvgIpc) is 2.52. The van der Waals surface area contributed by atoms with Gasteiger partial charge in [0, 0.05) is 0 Å². The minimum Gasteiger partial charge on any atom is -0.463 e.